The van der Waals surface area contributed by atoms with Gasteiger partial charge in [-0.3, -0.25) is 4.79 Å². The number of carbonyl (C=O) groups is 1. The van der Waals surface area contributed by atoms with Crippen molar-refractivity contribution in [2.24, 2.45) is 0 Å². The summed E-state index contributed by atoms with van der Waals surface area (Å²) in [6, 6.07) is 7.34. The van der Waals surface area contributed by atoms with Gasteiger partial charge in [-0.15, -0.1) is 0 Å². The van der Waals surface area contributed by atoms with Gasteiger partial charge in [-0.1, -0.05) is 26.0 Å². The van der Waals surface area contributed by atoms with Gasteiger partial charge in [-0.05, 0) is 31.9 Å². The maximum Gasteiger partial charge on any atom is 0.198 e. The Hall–Kier alpha value is -1.35. The molecule has 0 fully saturated rings. The van der Waals surface area contributed by atoms with Crippen LogP contribution in [-0.4, -0.2) is 25.1 Å². The Labute approximate surface area is 109 Å². The van der Waals surface area contributed by atoms with Gasteiger partial charge in [0.25, 0.3) is 0 Å². The van der Waals surface area contributed by atoms with Gasteiger partial charge >= 0.3 is 0 Å². The van der Waals surface area contributed by atoms with E-state index in [1.807, 2.05) is 39.0 Å². The topological polar surface area (TPSA) is 35.5 Å². The van der Waals surface area contributed by atoms with Gasteiger partial charge in [0.05, 0.1) is 12.2 Å². The molecule has 0 saturated carbocycles. The number of ketones is 1. The highest BCUT2D eigenvalue weighted by Gasteiger charge is 2.36. The monoisotopic (exact) mass is 250 g/mol. The van der Waals surface area contributed by atoms with E-state index in [0.717, 1.165) is 0 Å². The van der Waals surface area contributed by atoms with E-state index < -0.39 is 5.60 Å². The summed E-state index contributed by atoms with van der Waals surface area (Å²) in [4.78, 5) is 12.7. The number of rotatable bonds is 7. The Morgan fingerprint density at radius 2 is 1.78 bits per heavy atom. The molecule has 1 aromatic rings. The van der Waals surface area contributed by atoms with Crippen LogP contribution in [-0.2, 0) is 4.74 Å². The Bertz CT molecular complexity index is 386. The zero-order valence-electron chi connectivity index (χ0n) is 11.7. The molecule has 0 aliphatic carbocycles. The molecule has 0 bridgehead atoms. The van der Waals surface area contributed by atoms with Gasteiger partial charge in [0, 0.05) is 7.11 Å². The first kappa shape index (κ1) is 14.7. The number of Topliss-reactive ketones (excluding diaryl/α,β-unsaturated/α-hetero) is 1. The molecule has 1 aromatic carbocycles. The molecule has 100 valence electrons. The van der Waals surface area contributed by atoms with Crippen molar-refractivity contribution in [2.75, 3.05) is 13.7 Å². The van der Waals surface area contributed by atoms with Crippen molar-refractivity contribution in [3.8, 4) is 5.75 Å². The number of hydrogen-bond donors (Lipinski definition) is 0. The van der Waals surface area contributed by atoms with Gasteiger partial charge in [0.1, 0.15) is 11.4 Å². The van der Waals surface area contributed by atoms with Crippen LogP contribution in [0.1, 0.15) is 44.0 Å². The average Bonchev–Trinajstić information content (AvgIpc) is 2.42. The van der Waals surface area contributed by atoms with Crippen LogP contribution in [0.3, 0.4) is 0 Å². The lowest BCUT2D eigenvalue weighted by atomic mass is 9.87. The zero-order valence-corrected chi connectivity index (χ0v) is 11.7. The summed E-state index contributed by atoms with van der Waals surface area (Å²) in [5, 5.41) is 0. The van der Waals surface area contributed by atoms with Gasteiger partial charge in [-0.2, -0.15) is 0 Å². The Kier molecular flexibility index (Phi) is 5.35. The Morgan fingerprint density at radius 1 is 1.17 bits per heavy atom. The molecule has 0 unspecified atom stereocenters. The summed E-state index contributed by atoms with van der Waals surface area (Å²) in [5.74, 6) is 0.632. The number of benzene rings is 1. The van der Waals surface area contributed by atoms with Crippen LogP contribution in [0.15, 0.2) is 24.3 Å². The lowest BCUT2D eigenvalue weighted by Crippen LogP contribution is -2.39. The van der Waals surface area contributed by atoms with Gasteiger partial charge in [0.2, 0.25) is 0 Å². The first-order valence-electron chi connectivity index (χ1n) is 6.47. The second kappa shape index (κ2) is 6.55. The molecule has 3 heteroatoms. The van der Waals surface area contributed by atoms with Crippen LogP contribution in [0.2, 0.25) is 0 Å². The summed E-state index contributed by atoms with van der Waals surface area (Å²) >= 11 is 0. The highest BCUT2D eigenvalue weighted by atomic mass is 16.5. The number of ether oxygens (including phenoxy) is 2. The quantitative estimate of drug-likeness (QED) is 0.695. The standard InChI is InChI=1S/C15H22O3/c1-5-15(6-2,17-4)14(16)12-10-8-9-11-13(12)18-7-3/h8-11H,5-7H2,1-4H3. The summed E-state index contributed by atoms with van der Waals surface area (Å²) in [6.45, 7) is 6.38. The SMILES string of the molecule is CCOc1ccccc1C(=O)C(CC)(CC)OC. The number of para-hydroxylation sites is 1. The van der Waals surface area contributed by atoms with E-state index in [9.17, 15) is 4.79 Å². The number of carbonyl (C=O) groups excluding carboxylic acids is 1. The van der Waals surface area contributed by atoms with E-state index in [2.05, 4.69) is 0 Å². The third-order valence-electron chi connectivity index (χ3n) is 3.38. The fourth-order valence-corrected chi connectivity index (χ4v) is 2.13. The van der Waals surface area contributed by atoms with Crippen LogP contribution < -0.4 is 4.74 Å². The molecular weight excluding hydrogens is 228 g/mol. The number of methoxy groups -OCH3 is 1. The molecule has 0 aromatic heterocycles. The summed E-state index contributed by atoms with van der Waals surface area (Å²) < 4.78 is 11.0. The minimum atomic E-state index is -0.743. The summed E-state index contributed by atoms with van der Waals surface area (Å²) in [5.41, 5.74) is -0.141. The minimum absolute atomic E-state index is 0.000880. The predicted molar refractivity (Wildman–Crippen MR) is 72.3 cm³/mol. The lowest BCUT2D eigenvalue weighted by molar-refractivity contribution is -0.00284. The fourth-order valence-electron chi connectivity index (χ4n) is 2.13. The highest BCUT2D eigenvalue weighted by Crippen LogP contribution is 2.29. The van der Waals surface area contributed by atoms with Crippen molar-refractivity contribution in [1.82, 2.24) is 0 Å². The second-order valence-electron chi connectivity index (χ2n) is 4.16. The summed E-state index contributed by atoms with van der Waals surface area (Å²) in [6.07, 6.45) is 1.30. The van der Waals surface area contributed by atoms with Gasteiger partial charge in [-0.25, -0.2) is 0 Å². The summed E-state index contributed by atoms with van der Waals surface area (Å²) in [7, 11) is 1.59. The van der Waals surface area contributed by atoms with Crippen molar-refractivity contribution >= 4 is 5.78 Å². The van der Waals surface area contributed by atoms with E-state index in [-0.39, 0.29) is 5.78 Å². The molecule has 0 aliphatic rings. The predicted octanol–water partition coefficient (Wildman–Crippen LogP) is 3.47. The first-order chi connectivity index (χ1) is 8.65. The highest BCUT2D eigenvalue weighted by molar-refractivity contribution is 6.04. The zero-order chi connectivity index (χ0) is 13.6. The van der Waals surface area contributed by atoms with Crippen molar-refractivity contribution in [3.63, 3.8) is 0 Å². The third-order valence-corrected chi connectivity index (χ3v) is 3.38. The lowest BCUT2D eigenvalue weighted by Gasteiger charge is -2.29. The average molecular weight is 250 g/mol. The van der Waals surface area contributed by atoms with Crippen molar-refractivity contribution in [1.29, 1.82) is 0 Å². The number of hydrogen-bond acceptors (Lipinski definition) is 3. The first-order valence-corrected chi connectivity index (χ1v) is 6.47. The molecule has 0 amide bonds. The third kappa shape index (κ3) is 2.72. The normalized spacial score (nSPS) is 11.3. The van der Waals surface area contributed by atoms with Crippen LogP contribution >= 0.6 is 0 Å². The maximum absolute atomic E-state index is 12.7. The van der Waals surface area contributed by atoms with E-state index in [1.165, 1.54) is 0 Å². The maximum atomic E-state index is 12.7. The second-order valence-corrected chi connectivity index (χ2v) is 4.16. The smallest absolute Gasteiger partial charge is 0.198 e. The molecule has 0 spiro atoms. The van der Waals surface area contributed by atoms with E-state index >= 15 is 0 Å². The van der Waals surface area contributed by atoms with Crippen molar-refractivity contribution in [2.45, 2.75) is 39.2 Å². The minimum Gasteiger partial charge on any atom is -0.493 e. The van der Waals surface area contributed by atoms with Gasteiger partial charge in [0.15, 0.2) is 5.78 Å². The van der Waals surface area contributed by atoms with Crippen molar-refractivity contribution in [3.05, 3.63) is 29.8 Å². The van der Waals surface area contributed by atoms with Gasteiger partial charge < -0.3 is 9.47 Å². The molecule has 0 N–H and O–H groups in total. The van der Waals surface area contributed by atoms with E-state index in [1.54, 1.807) is 13.2 Å². The molecule has 0 atom stereocenters. The molecule has 3 nitrogen and oxygen atoms in total. The Morgan fingerprint density at radius 3 is 2.28 bits per heavy atom. The van der Waals surface area contributed by atoms with Crippen LogP contribution in [0.5, 0.6) is 5.75 Å². The largest absolute Gasteiger partial charge is 0.493 e. The molecule has 0 aliphatic heterocycles. The molecular formula is C15H22O3. The fraction of sp³-hybridized carbons (Fsp3) is 0.533. The van der Waals surface area contributed by atoms with Crippen molar-refractivity contribution < 1.29 is 14.3 Å². The molecule has 0 saturated heterocycles. The molecule has 0 heterocycles. The van der Waals surface area contributed by atoms with Crippen LogP contribution in [0.25, 0.3) is 0 Å². The molecule has 18 heavy (non-hydrogen) atoms. The van der Waals surface area contributed by atoms with Crippen LogP contribution in [0.4, 0.5) is 0 Å². The Balaban J connectivity index is 3.16. The van der Waals surface area contributed by atoms with Crippen LogP contribution in [0, 0.1) is 0 Å². The molecule has 0 radical (unpaired) electrons. The van der Waals surface area contributed by atoms with E-state index in [0.29, 0.717) is 30.8 Å². The molecule has 1 rings (SSSR count). The van der Waals surface area contributed by atoms with E-state index in [4.69, 9.17) is 9.47 Å².